The number of nitro groups is 1. The van der Waals surface area contributed by atoms with Crippen LogP contribution in [0.15, 0.2) is 6.07 Å². The zero-order chi connectivity index (χ0) is 16.4. The smallest absolute Gasteiger partial charge is 0.397 e. The summed E-state index contributed by atoms with van der Waals surface area (Å²) in [6.07, 6.45) is -0.456. The number of rotatable bonds is 6. The number of aliphatic hydroxyl groups excluding tert-OH is 1. The maximum atomic E-state index is 11.2. The van der Waals surface area contributed by atoms with E-state index >= 15 is 0 Å². The quantitative estimate of drug-likeness (QED) is 0.416. The molecule has 0 aliphatic carbocycles. The first-order valence-corrected chi connectivity index (χ1v) is 7.91. The van der Waals surface area contributed by atoms with Gasteiger partial charge in [0, 0.05) is 11.1 Å². The van der Waals surface area contributed by atoms with Gasteiger partial charge in [-0.1, -0.05) is 13.8 Å². The fraction of sp³-hybridized carbons (Fsp3) is 0.500. The Bertz CT molecular complexity index is 594. The molecule has 1 atom stereocenters. The van der Waals surface area contributed by atoms with Crippen molar-refractivity contribution in [2.24, 2.45) is 0 Å². The zero-order valence-electron chi connectivity index (χ0n) is 11.9. The molecule has 21 heavy (non-hydrogen) atoms. The van der Waals surface area contributed by atoms with Gasteiger partial charge in [-0.3, -0.25) is 19.9 Å². The molecule has 118 valence electrons. The Kier molecular flexibility index (Phi) is 5.47. The topological polar surface area (TPSA) is 130 Å². The van der Waals surface area contributed by atoms with E-state index in [1.807, 2.05) is 0 Å². The minimum Gasteiger partial charge on any atom is -0.397 e. The van der Waals surface area contributed by atoms with Crippen LogP contribution in [0.3, 0.4) is 0 Å². The van der Waals surface area contributed by atoms with Crippen molar-refractivity contribution >= 4 is 13.5 Å². The van der Waals surface area contributed by atoms with E-state index < -0.39 is 30.3 Å². The van der Waals surface area contributed by atoms with Gasteiger partial charge >= 0.3 is 13.5 Å². The molecular weight excluding hydrogens is 301 g/mol. The van der Waals surface area contributed by atoms with Crippen molar-refractivity contribution in [1.82, 2.24) is 0 Å². The van der Waals surface area contributed by atoms with Gasteiger partial charge in [0.05, 0.1) is 11.0 Å². The Morgan fingerprint density at radius 2 is 1.95 bits per heavy atom. The molecule has 0 heterocycles. The average molecular weight is 319 g/mol. The summed E-state index contributed by atoms with van der Waals surface area (Å²) in [4.78, 5) is 28.5. The third-order valence-electron chi connectivity index (χ3n) is 3.05. The summed E-state index contributed by atoms with van der Waals surface area (Å²) in [5, 5.41) is 21.0. The lowest BCUT2D eigenvalue weighted by Gasteiger charge is -2.18. The Morgan fingerprint density at radius 3 is 2.29 bits per heavy atom. The molecule has 1 aromatic carbocycles. The molecule has 0 aromatic heterocycles. The molecule has 0 fully saturated rings. The molecule has 3 N–H and O–H groups in total. The van der Waals surface area contributed by atoms with Gasteiger partial charge in [-0.15, -0.1) is 0 Å². The minimum absolute atomic E-state index is 0.220. The van der Waals surface area contributed by atoms with Gasteiger partial charge in [0.25, 0.3) is 0 Å². The second kappa shape index (κ2) is 6.53. The molecule has 0 bridgehead atoms. The Hall–Kier alpha value is -1.47. The van der Waals surface area contributed by atoms with E-state index in [4.69, 9.17) is 9.79 Å². The number of aliphatic hydroxyl groups is 1. The summed E-state index contributed by atoms with van der Waals surface area (Å²) in [5.41, 5.74) is 0.360. The second-order valence-electron chi connectivity index (χ2n) is 4.50. The van der Waals surface area contributed by atoms with Crippen molar-refractivity contribution in [2.75, 3.05) is 0 Å². The molecule has 1 rings (SSSR count). The van der Waals surface area contributed by atoms with E-state index in [0.29, 0.717) is 5.56 Å². The van der Waals surface area contributed by atoms with Gasteiger partial charge in [0.1, 0.15) is 0 Å². The van der Waals surface area contributed by atoms with E-state index in [0.717, 1.165) is 0 Å². The van der Waals surface area contributed by atoms with Crippen LogP contribution in [-0.4, -0.2) is 19.8 Å². The molecule has 0 spiro atoms. The van der Waals surface area contributed by atoms with Gasteiger partial charge < -0.3 is 9.63 Å². The Balaban J connectivity index is 3.77. The van der Waals surface area contributed by atoms with Crippen LogP contribution >= 0.6 is 7.82 Å². The highest BCUT2D eigenvalue weighted by molar-refractivity contribution is 7.46. The van der Waals surface area contributed by atoms with Crippen LogP contribution in [-0.2, 0) is 17.4 Å². The summed E-state index contributed by atoms with van der Waals surface area (Å²) >= 11 is 0. The van der Waals surface area contributed by atoms with Gasteiger partial charge in [-0.2, -0.15) is 0 Å². The predicted octanol–water partition coefficient (Wildman–Crippen LogP) is 2.24. The largest absolute Gasteiger partial charge is 0.525 e. The molecule has 8 nitrogen and oxygen atoms in total. The number of nitro benzene ring substituents is 1. The molecule has 0 amide bonds. The summed E-state index contributed by atoms with van der Waals surface area (Å²) in [5.74, 6) is -0.467. The number of phosphoric acid groups is 1. The molecule has 1 unspecified atom stereocenters. The minimum atomic E-state index is -4.96. The fourth-order valence-electron chi connectivity index (χ4n) is 2.19. The molecule has 0 aliphatic rings. The van der Waals surface area contributed by atoms with Crippen LogP contribution in [0, 0.1) is 10.1 Å². The normalized spacial score (nSPS) is 13.0. The molecule has 9 heteroatoms. The first-order chi connectivity index (χ1) is 9.62. The first-order valence-electron chi connectivity index (χ1n) is 6.38. The molecule has 0 aliphatic heterocycles. The van der Waals surface area contributed by atoms with Crippen molar-refractivity contribution in [3.05, 3.63) is 32.9 Å². The van der Waals surface area contributed by atoms with Gasteiger partial charge in [-0.25, -0.2) is 4.57 Å². The standard InChI is InChI=1S/C12H18NO7P/c1-4-8-6-10(7(3)14)9(5-2)12(11(8)13(15)16)20-21(17,18)19/h6-7,14H,4-5H2,1-3H3,(H2,17,18,19). The number of hydrogen-bond donors (Lipinski definition) is 3. The van der Waals surface area contributed by atoms with E-state index in [9.17, 15) is 19.8 Å². The summed E-state index contributed by atoms with van der Waals surface area (Å²) in [6, 6.07) is 1.48. The maximum Gasteiger partial charge on any atom is 0.525 e. The number of phosphoric ester groups is 1. The monoisotopic (exact) mass is 319 g/mol. The second-order valence-corrected chi connectivity index (χ2v) is 5.67. The molecular formula is C12H18NO7P. The lowest BCUT2D eigenvalue weighted by molar-refractivity contribution is -0.386. The molecule has 1 aromatic rings. The van der Waals surface area contributed by atoms with Crippen LogP contribution in [0.2, 0.25) is 0 Å². The number of benzene rings is 1. The number of nitrogens with zero attached hydrogens (tertiary/aromatic N) is 1. The van der Waals surface area contributed by atoms with Crippen molar-refractivity contribution in [2.45, 2.75) is 39.7 Å². The van der Waals surface area contributed by atoms with Crippen LogP contribution in [0.25, 0.3) is 0 Å². The number of aryl methyl sites for hydroxylation is 1. The van der Waals surface area contributed by atoms with E-state index in [-0.39, 0.29) is 24.0 Å². The number of hydrogen-bond acceptors (Lipinski definition) is 5. The van der Waals surface area contributed by atoms with Crippen LogP contribution in [0.1, 0.15) is 43.6 Å². The SMILES string of the molecule is CCc1cc(C(C)O)c(CC)c(OP(=O)(O)O)c1[N+](=O)[O-]. The lowest BCUT2D eigenvalue weighted by Crippen LogP contribution is -2.08. The highest BCUT2D eigenvalue weighted by Crippen LogP contribution is 2.47. The zero-order valence-corrected chi connectivity index (χ0v) is 12.8. The van der Waals surface area contributed by atoms with Crippen LogP contribution < -0.4 is 4.52 Å². The third-order valence-corrected chi connectivity index (χ3v) is 3.47. The Labute approximate surface area is 121 Å². The maximum absolute atomic E-state index is 11.2. The highest BCUT2D eigenvalue weighted by atomic mass is 31.2. The molecule has 0 saturated carbocycles. The summed E-state index contributed by atoms with van der Waals surface area (Å²) in [7, 11) is -4.96. The van der Waals surface area contributed by atoms with Gasteiger partial charge in [0.15, 0.2) is 0 Å². The average Bonchev–Trinajstić information content (AvgIpc) is 2.34. The van der Waals surface area contributed by atoms with Crippen molar-refractivity contribution < 1.29 is 28.9 Å². The predicted molar refractivity (Wildman–Crippen MR) is 75.2 cm³/mol. The van der Waals surface area contributed by atoms with Crippen molar-refractivity contribution in [1.29, 1.82) is 0 Å². The fourth-order valence-corrected chi connectivity index (χ4v) is 2.62. The summed E-state index contributed by atoms with van der Waals surface area (Å²) in [6.45, 7) is 4.80. The highest BCUT2D eigenvalue weighted by Gasteiger charge is 2.31. The molecule has 0 radical (unpaired) electrons. The van der Waals surface area contributed by atoms with E-state index in [1.165, 1.54) is 13.0 Å². The van der Waals surface area contributed by atoms with Gasteiger partial charge in [-0.05, 0) is 31.4 Å². The summed E-state index contributed by atoms with van der Waals surface area (Å²) < 4.78 is 15.7. The van der Waals surface area contributed by atoms with Crippen LogP contribution in [0.4, 0.5) is 5.69 Å². The van der Waals surface area contributed by atoms with Gasteiger partial charge in [0.2, 0.25) is 5.75 Å². The van der Waals surface area contributed by atoms with Crippen molar-refractivity contribution in [3.8, 4) is 5.75 Å². The van der Waals surface area contributed by atoms with Crippen molar-refractivity contribution in [3.63, 3.8) is 0 Å². The lowest BCUT2D eigenvalue weighted by atomic mass is 9.94. The molecule has 0 saturated heterocycles. The van der Waals surface area contributed by atoms with E-state index in [2.05, 4.69) is 4.52 Å². The third kappa shape index (κ3) is 4.01. The van der Waals surface area contributed by atoms with E-state index in [1.54, 1.807) is 13.8 Å². The Morgan fingerprint density at radius 1 is 1.38 bits per heavy atom. The first kappa shape index (κ1) is 17.6. The van der Waals surface area contributed by atoms with Crippen LogP contribution in [0.5, 0.6) is 5.75 Å².